The predicted octanol–water partition coefficient (Wildman–Crippen LogP) is 2.01. The van der Waals surface area contributed by atoms with Crippen molar-refractivity contribution in [2.45, 2.75) is 25.9 Å². The van der Waals surface area contributed by atoms with Crippen LogP contribution < -0.4 is 0 Å². The van der Waals surface area contributed by atoms with E-state index < -0.39 is 4.92 Å². The minimum atomic E-state index is -0.460. The first-order valence-electron chi connectivity index (χ1n) is 8.22. The number of benzene rings is 1. The van der Waals surface area contributed by atoms with Crippen molar-refractivity contribution >= 4 is 11.6 Å². The van der Waals surface area contributed by atoms with Gasteiger partial charge in [-0.15, -0.1) is 0 Å². The van der Waals surface area contributed by atoms with E-state index in [1.54, 1.807) is 30.2 Å². The Morgan fingerprint density at radius 2 is 1.96 bits per heavy atom. The number of hydrogen-bond acceptors (Lipinski definition) is 5. The molecule has 1 amide bonds. The molecule has 3 rings (SSSR count). The fourth-order valence-corrected chi connectivity index (χ4v) is 3.07. The zero-order valence-corrected chi connectivity index (χ0v) is 13.9. The summed E-state index contributed by atoms with van der Waals surface area (Å²) in [5.74, 6) is 0.157. The third-order valence-corrected chi connectivity index (χ3v) is 4.66. The number of nitro benzene ring substituents is 1. The number of carbonyl (C=O) groups excluding carboxylic acids is 1. The zero-order valence-electron chi connectivity index (χ0n) is 13.9. The van der Waals surface area contributed by atoms with Crippen LogP contribution >= 0.6 is 0 Å². The molecule has 0 aliphatic carbocycles. The smallest absolute Gasteiger partial charge is 0.269 e. The maximum atomic E-state index is 12.6. The summed E-state index contributed by atoms with van der Waals surface area (Å²) in [4.78, 5) is 24.6. The second kappa shape index (κ2) is 7.02. The average molecular weight is 344 g/mol. The Balaban J connectivity index is 1.69. The number of non-ortho nitro benzene ring substituents is 1. The van der Waals surface area contributed by atoms with E-state index in [4.69, 9.17) is 0 Å². The summed E-state index contributed by atoms with van der Waals surface area (Å²) in [6, 6.07) is 5.99. The Labute approximate surface area is 144 Å². The van der Waals surface area contributed by atoms with Gasteiger partial charge in [0.1, 0.15) is 0 Å². The number of aliphatic hydroxyl groups is 1. The largest absolute Gasteiger partial charge is 0.393 e. The van der Waals surface area contributed by atoms with Gasteiger partial charge in [-0.3, -0.25) is 14.9 Å². The first-order chi connectivity index (χ1) is 12.0. The highest BCUT2D eigenvalue weighted by Gasteiger charge is 2.26. The Kier molecular flexibility index (Phi) is 4.80. The summed E-state index contributed by atoms with van der Waals surface area (Å²) >= 11 is 0. The van der Waals surface area contributed by atoms with Crippen LogP contribution in [0.4, 0.5) is 5.69 Å². The molecule has 1 aromatic carbocycles. The van der Waals surface area contributed by atoms with Gasteiger partial charge >= 0.3 is 0 Å². The van der Waals surface area contributed by atoms with Crippen molar-refractivity contribution in [2.75, 3.05) is 13.1 Å². The van der Waals surface area contributed by atoms with Gasteiger partial charge in [-0.1, -0.05) is 0 Å². The number of hydrogen-bond donors (Lipinski definition) is 1. The zero-order chi connectivity index (χ0) is 18.0. The van der Waals surface area contributed by atoms with Crippen LogP contribution in [0.3, 0.4) is 0 Å². The number of nitrogens with zero attached hydrogens (tertiary/aromatic N) is 4. The van der Waals surface area contributed by atoms with E-state index >= 15 is 0 Å². The van der Waals surface area contributed by atoms with Gasteiger partial charge in [-0.2, -0.15) is 5.10 Å². The van der Waals surface area contributed by atoms with Gasteiger partial charge in [-0.25, -0.2) is 4.68 Å². The minimum Gasteiger partial charge on any atom is -0.393 e. The molecule has 8 heteroatoms. The minimum absolute atomic E-state index is 0.00758. The Morgan fingerprint density at radius 3 is 2.52 bits per heavy atom. The van der Waals surface area contributed by atoms with Crippen LogP contribution in [0, 0.1) is 16.0 Å². The molecule has 25 heavy (non-hydrogen) atoms. The quantitative estimate of drug-likeness (QED) is 0.675. The van der Waals surface area contributed by atoms with Crippen LogP contribution in [0.2, 0.25) is 0 Å². The monoisotopic (exact) mass is 344 g/mol. The van der Waals surface area contributed by atoms with Crippen LogP contribution in [-0.4, -0.2) is 49.8 Å². The third kappa shape index (κ3) is 3.69. The molecule has 1 N–H and O–H groups in total. The Morgan fingerprint density at radius 1 is 1.32 bits per heavy atom. The molecule has 0 bridgehead atoms. The van der Waals surface area contributed by atoms with Crippen LogP contribution in [-0.2, 0) is 0 Å². The van der Waals surface area contributed by atoms with E-state index in [1.807, 2.05) is 0 Å². The molecular weight excluding hydrogens is 324 g/mol. The van der Waals surface area contributed by atoms with Crippen molar-refractivity contribution in [3.63, 3.8) is 0 Å². The van der Waals surface area contributed by atoms with Crippen LogP contribution in [0.1, 0.15) is 30.1 Å². The molecule has 0 saturated carbocycles. The lowest BCUT2D eigenvalue weighted by atomic mass is 9.92. The number of aliphatic hydroxyl groups excluding tert-OH is 1. The normalized spacial score (nSPS) is 16.6. The second-order valence-corrected chi connectivity index (χ2v) is 6.32. The molecule has 132 valence electrons. The van der Waals surface area contributed by atoms with Gasteiger partial charge < -0.3 is 10.0 Å². The molecular formula is C17H20N4O4. The fraction of sp³-hybridized carbons (Fsp3) is 0.412. The highest BCUT2D eigenvalue weighted by atomic mass is 16.6. The fourth-order valence-electron chi connectivity index (χ4n) is 3.07. The number of carbonyl (C=O) groups is 1. The third-order valence-electron chi connectivity index (χ3n) is 4.66. The Bertz CT molecular complexity index is 761. The molecule has 0 radical (unpaired) electrons. The lowest BCUT2D eigenvalue weighted by Gasteiger charge is -2.33. The highest BCUT2D eigenvalue weighted by molar-refractivity contribution is 5.93. The summed E-state index contributed by atoms with van der Waals surface area (Å²) in [6.45, 7) is 3.03. The molecule has 2 heterocycles. The van der Waals surface area contributed by atoms with E-state index in [0.29, 0.717) is 24.3 Å². The van der Waals surface area contributed by atoms with Crippen molar-refractivity contribution in [2.24, 2.45) is 5.92 Å². The molecule has 1 atom stereocenters. The molecule has 2 aromatic rings. The van der Waals surface area contributed by atoms with Crippen LogP contribution in [0.25, 0.3) is 5.69 Å². The van der Waals surface area contributed by atoms with E-state index in [2.05, 4.69) is 5.10 Å². The number of nitro groups is 1. The lowest BCUT2D eigenvalue weighted by molar-refractivity contribution is -0.384. The maximum absolute atomic E-state index is 12.6. The summed E-state index contributed by atoms with van der Waals surface area (Å²) < 4.78 is 1.53. The summed E-state index contributed by atoms with van der Waals surface area (Å²) in [5.41, 5.74) is 1.14. The summed E-state index contributed by atoms with van der Waals surface area (Å²) in [7, 11) is 0. The molecule has 0 spiro atoms. The van der Waals surface area contributed by atoms with Gasteiger partial charge in [0.25, 0.3) is 11.6 Å². The van der Waals surface area contributed by atoms with Gasteiger partial charge in [0, 0.05) is 31.4 Å². The first kappa shape index (κ1) is 17.1. The molecule has 1 fully saturated rings. The Hall–Kier alpha value is -2.74. The van der Waals surface area contributed by atoms with Crippen molar-refractivity contribution in [3.8, 4) is 5.69 Å². The van der Waals surface area contributed by atoms with Crippen molar-refractivity contribution in [1.29, 1.82) is 0 Å². The second-order valence-electron chi connectivity index (χ2n) is 6.32. The van der Waals surface area contributed by atoms with Gasteiger partial charge in [0.2, 0.25) is 0 Å². The summed E-state index contributed by atoms with van der Waals surface area (Å²) in [5, 5.41) is 24.5. The van der Waals surface area contributed by atoms with E-state index in [0.717, 1.165) is 12.8 Å². The van der Waals surface area contributed by atoms with Crippen molar-refractivity contribution in [1.82, 2.24) is 14.7 Å². The molecule has 8 nitrogen and oxygen atoms in total. The lowest BCUT2D eigenvalue weighted by Crippen LogP contribution is -2.40. The van der Waals surface area contributed by atoms with E-state index in [-0.39, 0.29) is 23.6 Å². The molecule has 1 saturated heterocycles. The van der Waals surface area contributed by atoms with Gasteiger partial charge in [-0.05, 0) is 37.8 Å². The molecule has 1 aliphatic heterocycles. The van der Waals surface area contributed by atoms with Crippen LogP contribution in [0.15, 0.2) is 36.7 Å². The number of piperidine rings is 1. The predicted molar refractivity (Wildman–Crippen MR) is 90.5 cm³/mol. The van der Waals surface area contributed by atoms with E-state index in [1.165, 1.54) is 23.0 Å². The van der Waals surface area contributed by atoms with Gasteiger partial charge in [0.15, 0.2) is 0 Å². The van der Waals surface area contributed by atoms with Crippen molar-refractivity contribution in [3.05, 3.63) is 52.3 Å². The van der Waals surface area contributed by atoms with E-state index in [9.17, 15) is 20.0 Å². The number of aromatic nitrogens is 2. The SMILES string of the molecule is CC(O)C1CCN(C(=O)c2cnn(-c3ccc([N+](=O)[O-])cc3)c2)CC1. The van der Waals surface area contributed by atoms with Crippen LogP contribution in [0.5, 0.6) is 0 Å². The maximum Gasteiger partial charge on any atom is 0.269 e. The van der Waals surface area contributed by atoms with Crippen molar-refractivity contribution < 1.29 is 14.8 Å². The number of rotatable bonds is 4. The molecule has 1 unspecified atom stereocenters. The standard InChI is InChI=1S/C17H20N4O4/c1-12(22)13-6-8-19(9-7-13)17(23)14-10-18-20(11-14)15-2-4-16(5-3-15)21(24)25/h2-5,10-13,22H,6-9H2,1H3. The molecule has 1 aromatic heterocycles. The first-order valence-corrected chi connectivity index (χ1v) is 8.22. The van der Waals surface area contributed by atoms with Gasteiger partial charge in [0.05, 0.1) is 28.5 Å². The topological polar surface area (TPSA) is 102 Å². The number of amides is 1. The summed E-state index contributed by atoms with van der Waals surface area (Å²) in [6.07, 6.45) is 4.37. The molecule has 1 aliphatic rings. The average Bonchev–Trinajstić information content (AvgIpc) is 3.11. The highest BCUT2D eigenvalue weighted by Crippen LogP contribution is 2.22. The number of likely N-dealkylation sites (tertiary alicyclic amines) is 1.